The van der Waals surface area contributed by atoms with E-state index in [1.807, 2.05) is 0 Å². The van der Waals surface area contributed by atoms with Crippen LogP contribution in [0.2, 0.25) is 0 Å². The van der Waals surface area contributed by atoms with Gasteiger partial charge in [-0.15, -0.1) is 11.6 Å². The summed E-state index contributed by atoms with van der Waals surface area (Å²) in [6.07, 6.45) is 0. The Kier molecular flexibility index (Phi) is 2.35. The van der Waals surface area contributed by atoms with Crippen LogP contribution in [-0.4, -0.2) is 18.7 Å². The summed E-state index contributed by atoms with van der Waals surface area (Å²) in [6, 6.07) is 0. The third-order valence-electron chi connectivity index (χ3n) is 0.340. The second-order valence-electron chi connectivity index (χ2n) is 0.954. The molecule has 0 aliphatic carbocycles. The molecule has 1 N–H and O–H groups in total. The molecule has 0 saturated heterocycles. The van der Waals surface area contributed by atoms with Crippen LogP contribution in [0.25, 0.3) is 0 Å². The molecule has 1 unspecified atom stereocenters. The van der Waals surface area contributed by atoms with Crippen LogP contribution in [0.1, 0.15) is 6.92 Å². The lowest BCUT2D eigenvalue weighted by atomic mass is 11.0. The van der Waals surface area contributed by atoms with Gasteiger partial charge in [0.2, 0.25) is 0 Å². The molecule has 0 radical (unpaired) electrons. The number of hydrogen-bond acceptors (Lipinski definition) is 1. The van der Waals surface area contributed by atoms with E-state index in [9.17, 15) is 4.46 Å². The van der Waals surface area contributed by atoms with Crippen molar-refractivity contribution in [2.24, 2.45) is 0 Å². The number of halogens is 1. The Morgan fingerprint density at radius 1 is 2.00 bits per heavy atom. The van der Waals surface area contributed by atoms with Crippen molar-refractivity contribution in [3.05, 3.63) is 0 Å². The highest BCUT2D eigenvalue weighted by Crippen LogP contribution is 1.87. The normalized spacial score (nSPS) is 13.7. The predicted octanol–water partition coefficient (Wildman–Crippen LogP) is 0.0639. The monoisotopic (exact) mass is 124 g/mol. The zero-order chi connectivity index (χ0) is 5.15. The van der Waals surface area contributed by atoms with Gasteiger partial charge in [0.15, 0.2) is 0 Å². The summed E-state index contributed by atoms with van der Waals surface area (Å²) in [7, 11) is -2.44. The van der Waals surface area contributed by atoms with Crippen molar-refractivity contribution >= 4 is 20.5 Å². The molecule has 0 amide bonds. The van der Waals surface area contributed by atoms with Crippen LogP contribution in [0.15, 0.2) is 0 Å². The second-order valence-corrected chi connectivity index (χ2v) is 3.52. The van der Waals surface area contributed by atoms with Gasteiger partial charge in [-0.05, 0) is 6.92 Å². The zero-order valence-electron chi connectivity index (χ0n) is 3.31. The van der Waals surface area contributed by atoms with Gasteiger partial charge in [-0.2, -0.15) is 0 Å². The number of rotatable bonds is 1. The number of alkyl halides is 1. The summed E-state index contributed by atoms with van der Waals surface area (Å²) in [5, 5.41) is -0.574. The minimum atomic E-state index is -2.44. The summed E-state index contributed by atoms with van der Waals surface area (Å²) in [4.78, 5) is 8.04. The molecule has 0 aromatic carbocycles. The maximum absolute atomic E-state index is 9.75. The van der Waals surface area contributed by atoms with Crippen LogP contribution in [0.5, 0.6) is 0 Å². The zero-order valence-corrected chi connectivity index (χ0v) is 5.07. The van der Waals surface area contributed by atoms with Crippen molar-refractivity contribution in [3.8, 4) is 0 Å². The molecule has 1 atom stereocenters. The molecule has 0 heterocycles. The molecule has 0 spiro atoms. The lowest BCUT2D eigenvalue weighted by Gasteiger charge is -1.83. The van der Waals surface area contributed by atoms with Crippen LogP contribution < -0.4 is 0 Å². The minimum Gasteiger partial charge on any atom is -0.539 e. The van der Waals surface area contributed by atoms with E-state index in [-0.39, 0.29) is 0 Å². The Balaban J connectivity index is 3.26. The lowest BCUT2D eigenvalue weighted by Crippen LogP contribution is -2.10. The van der Waals surface area contributed by atoms with Crippen LogP contribution in [0.3, 0.4) is 0 Å². The van der Waals surface area contributed by atoms with E-state index in [1.165, 1.54) is 6.92 Å². The molecular weight excluding hydrogens is 120 g/mol. The molecule has 0 aromatic heterocycles. The molecule has 0 aliphatic heterocycles. The highest BCUT2D eigenvalue weighted by Gasteiger charge is 2.08. The fraction of sp³-hybridized carbons (Fsp3) is 1.00. The summed E-state index contributed by atoms with van der Waals surface area (Å²) in [5.41, 5.74) is 0. The molecule has 0 aromatic rings. The molecule has 4 heteroatoms. The van der Waals surface area contributed by atoms with E-state index in [1.54, 1.807) is 0 Å². The van der Waals surface area contributed by atoms with Crippen molar-refractivity contribution in [2.45, 2.75) is 11.9 Å². The highest BCUT2D eigenvalue weighted by molar-refractivity contribution is 6.51. The Hall–Kier alpha value is 0.107. The maximum atomic E-state index is 9.75. The quantitative estimate of drug-likeness (QED) is 0.397. The first-order valence-corrected chi connectivity index (χ1v) is 3.38. The Morgan fingerprint density at radius 2 is 2.17 bits per heavy atom. The van der Waals surface area contributed by atoms with E-state index in [4.69, 9.17) is 16.4 Å². The largest absolute Gasteiger partial charge is 0.539 e. The van der Waals surface area contributed by atoms with Gasteiger partial charge in [0.25, 0.3) is 0 Å². The van der Waals surface area contributed by atoms with Crippen molar-refractivity contribution in [1.82, 2.24) is 0 Å². The standard InChI is InChI=1S/C2H5ClO2Si/c1-2(3)6(4)5/h2,4H,1H3. The van der Waals surface area contributed by atoms with E-state index < -0.39 is 13.9 Å². The molecular formula is C2H5ClO2Si. The van der Waals surface area contributed by atoms with E-state index in [0.717, 1.165) is 0 Å². The molecule has 0 rings (SSSR count). The molecule has 36 valence electrons. The average Bonchev–Trinajstić information content (AvgIpc) is 1.36. The third-order valence-corrected chi connectivity index (χ3v) is 1.58. The second kappa shape index (κ2) is 2.31. The van der Waals surface area contributed by atoms with E-state index in [2.05, 4.69) is 0 Å². The Bertz CT molecular complexity index is 62.6. The summed E-state index contributed by atoms with van der Waals surface area (Å²) >= 11 is 5.10. The highest BCUT2D eigenvalue weighted by atomic mass is 35.5. The fourth-order valence-corrected chi connectivity index (χ4v) is 0. The SMILES string of the molecule is CC(Cl)[Si](=O)O. The molecule has 0 bridgehead atoms. The van der Waals surface area contributed by atoms with Gasteiger partial charge in [0.05, 0.1) is 0 Å². The minimum absolute atomic E-state index is 0.574. The van der Waals surface area contributed by atoms with Crippen LogP contribution in [0.4, 0.5) is 0 Å². The van der Waals surface area contributed by atoms with Crippen molar-refractivity contribution in [1.29, 1.82) is 0 Å². The van der Waals surface area contributed by atoms with Gasteiger partial charge in [0.1, 0.15) is 5.00 Å². The lowest BCUT2D eigenvalue weighted by molar-refractivity contribution is 0.445. The van der Waals surface area contributed by atoms with Gasteiger partial charge in [-0.3, -0.25) is 0 Å². The Morgan fingerprint density at radius 3 is 2.17 bits per heavy atom. The van der Waals surface area contributed by atoms with Gasteiger partial charge < -0.3 is 9.26 Å². The van der Waals surface area contributed by atoms with Crippen LogP contribution >= 0.6 is 11.6 Å². The van der Waals surface area contributed by atoms with Crippen LogP contribution in [-0.2, 0) is 4.46 Å². The molecule has 0 saturated carbocycles. The van der Waals surface area contributed by atoms with Crippen molar-refractivity contribution < 1.29 is 9.26 Å². The molecule has 0 aliphatic rings. The first-order valence-electron chi connectivity index (χ1n) is 1.51. The first kappa shape index (κ1) is 6.11. The summed E-state index contributed by atoms with van der Waals surface area (Å²) in [5.74, 6) is 0. The maximum Gasteiger partial charge on any atom is 0.518 e. The summed E-state index contributed by atoms with van der Waals surface area (Å²) < 4.78 is 9.75. The summed E-state index contributed by atoms with van der Waals surface area (Å²) in [6.45, 7) is 1.49. The van der Waals surface area contributed by atoms with Gasteiger partial charge in [-0.25, -0.2) is 0 Å². The topological polar surface area (TPSA) is 37.3 Å². The first-order chi connectivity index (χ1) is 2.64. The Labute approximate surface area is 42.5 Å². The fourth-order valence-electron chi connectivity index (χ4n) is 0. The average molecular weight is 125 g/mol. The van der Waals surface area contributed by atoms with E-state index in [0.29, 0.717) is 0 Å². The van der Waals surface area contributed by atoms with Crippen molar-refractivity contribution in [3.63, 3.8) is 0 Å². The van der Waals surface area contributed by atoms with Gasteiger partial charge >= 0.3 is 8.93 Å². The molecule has 2 nitrogen and oxygen atoms in total. The molecule has 0 fully saturated rings. The smallest absolute Gasteiger partial charge is 0.518 e. The van der Waals surface area contributed by atoms with E-state index >= 15 is 0 Å². The van der Waals surface area contributed by atoms with Crippen LogP contribution in [0, 0.1) is 0 Å². The van der Waals surface area contributed by atoms with Gasteiger partial charge in [-0.1, -0.05) is 0 Å². The number of hydrogen-bond donors (Lipinski definition) is 1. The molecule has 6 heavy (non-hydrogen) atoms. The van der Waals surface area contributed by atoms with Gasteiger partial charge in [0, 0.05) is 0 Å². The van der Waals surface area contributed by atoms with Crippen molar-refractivity contribution in [2.75, 3.05) is 0 Å². The third kappa shape index (κ3) is 2.35. The predicted molar refractivity (Wildman–Crippen MR) is 24.0 cm³/mol.